The lowest BCUT2D eigenvalue weighted by molar-refractivity contribution is -0.117. The van der Waals surface area contributed by atoms with Crippen LogP contribution in [0.25, 0.3) is 0 Å². The molecule has 0 bridgehead atoms. The Labute approximate surface area is 165 Å². The summed E-state index contributed by atoms with van der Waals surface area (Å²) in [5, 5.41) is 5.83. The van der Waals surface area contributed by atoms with Crippen LogP contribution >= 0.6 is 0 Å². The highest BCUT2D eigenvalue weighted by Crippen LogP contribution is 2.16. The van der Waals surface area contributed by atoms with Crippen LogP contribution in [0.5, 0.6) is 5.75 Å². The van der Waals surface area contributed by atoms with Crippen LogP contribution < -0.4 is 15.4 Å². The third-order valence-electron chi connectivity index (χ3n) is 4.71. The average molecular weight is 382 g/mol. The zero-order valence-electron chi connectivity index (χ0n) is 16.1. The van der Waals surface area contributed by atoms with E-state index in [0.29, 0.717) is 39.3 Å². The number of hydrogen-bond acceptors (Lipinski definition) is 4. The number of urea groups is 1. The van der Waals surface area contributed by atoms with Crippen molar-refractivity contribution in [3.05, 3.63) is 60.2 Å². The summed E-state index contributed by atoms with van der Waals surface area (Å²) in [5.41, 5.74) is 1.73. The fraction of sp³-hybridized carbons (Fsp3) is 0.333. The number of carbonyl (C=O) groups excluding carboxylic acids is 2. The molecule has 0 atom stereocenters. The Bertz CT molecular complexity index is 789. The van der Waals surface area contributed by atoms with Crippen LogP contribution in [0, 0.1) is 0 Å². The number of para-hydroxylation sites is 2. The second-order valence-electron chi connectivity index (χ2n) is 6.65. The van der Waals surface area contributed by atoms with E-state index in [-0.39, 0.29) is 11.9 Å². The number of benzene rings is 2. The molecule has 28 heavy (non-hydrogen) atoms. The van der Waals surface area contributed by atoms with Crippen LogP contribution in [-0.4, -0.2) is 61.6 Å². The van der Waals surface area contributed by atoms with Crippen molar-refractivity contribution in [2.45, 2.75) is 6.54 Å². The van der Waals surface area contributed by atoms with Crippen molar-refractivity contribution in [3.63, 3.8) is 0 Å². The van der Waals surface area contributed by atoms with E-state index in [4.69, 9.17) is 4.74 Å². The molecular weight excluding hydrogens is 356 g/mol. The van der Waals surface area contributed by atoms with Gasteiger partial charge in [-0.15, -0.1) is 0 Å². The quantitative estimate of drug-likeness (QED) is 0.803. The number of amides is 3. The predicted octanol–water partition coefficient (Wildman–Crippen LogP) is 2.16. The first-order valence-corrected chi connectivity index (χ1v) is 9.37. The van der Waals surface area contributed by atoms with E-state index in [1.54, 1.807) is 12.0 Å². The normalized spacial score (nSPS) is 14.4. The highest BCUT2D eigenvalue weighted by molar-refractivity contribution is 5.92. The van der Waals surface area contributed by atoms with Gasteiger partial charge in [0.15, 0.2) is 0 Å². The smallest absolute Gasteiger partial charge is 0.317 e. The first-order valence-electron chi connectivity index (χ1n) is 9.37. The van der Waals surface area contributed by atoms with Crippen molar-refractivity contribution in [2.24, 2.45) is 0 Å². The van der Waals surface area contributed by atoms with E-state index in [2.05, 4.69) is 15.5 Å². The number of carbonyl (C=O) groups is 2. The molecule has 7 heteroatoms. The molecule has 0 spiro atoms. The van der Waals surface area contributed by atoms with E-state index >= 15 is 0 Å². The number of nitrogens with one attached hydrogen (secondary N) is 2. The van der Waals surface area contributed by atoms with Gasteiger partial charge in [0.05, 0.1) is 13.7 Å². The molecule has 0 saturated carbocycles. The summed E-state index contributed by atoms with van der Waals surface area (Å²) >= 11 is 0. The predicted molar refractivity (Wildman–Crippen MR) is 108 cm³/mol. The molecule has 1 aliphatic rings. The monoisotopic (exact) mass is 382 g/mol. The van der Waals surface area contributed by atoms with Crippen LogP contribution in [0.2, 0.25) is 0 Å². The second-order valence-corrected chi connectivity index (χ2v) is 6.65. The third-order valence-corrected chi connectivity index (χ3v) is 4.71. The van der Waals surface area contributed by atoms with Crippen LogP contribution in [0.15, 0.2) is 54.6 Å². The number of methoxy groups -OCH3 is 1. The number of ether oxygens (including phenoxy) is 1. The maximum atomic E-state index is 12.4. The Morgan fingerprint density at radius 3 is 2.36 bits per heavy atom. The first-order chi connectivity index (χ1) is 13.7. The number of hydrogen-bond donors (Lipinski definition) is 2. The second kappa shape index (κ2) is 9.75. The first kappa shape index (κ1) is 19.7. The fourth-order valence-electron chi connectivity index (χ4n) is 3.17. The molecule has 3 rings (SSSR count). The highest BCUT2D eigenvalue weighted by atomic mass is 16.5. The van der Waals surface area contributed by atoms with Crippen molar-refractivity contribution in [3.8, 4) is 5.75 Å². The molecule has 0 radical (unpaired) electrons. The largest absolute Gasteiger partial charge is 0.496 e. The minimum absolute atomic E-state index is 0.0414. The molecule has 148 valence electrons. The molecule has 0 aliphatic carbocycles. The van der Waals surface area contributed by atoms with E-state index in [9.17, 15) is 9.59 Å². The van der Waals surface area contributed by atoms with Crippen molar-refractivity contribution in [1.29, 1.82) is 0 Å². The van der Waals surface area contributed by atoms with Crippen LogP contribution in [0.4, 0.5) is 10.5 Å². The van der Waals surface area contributed by atoms with Gasteiger partial charge in [-0.25, -0.2) is 4.79 Å². The average Bonchev–Trinajstić information content (AvgIpc) is 2.73. The van der Waals surface area contributed by atoms with E-state index in [1.807, 2.05) is 54.6 Å². The molecule has 0 unspecified atom stereocenters. The minimum Gasteiger partial charge on any atom is -0.496 e. The van der Waals surface area contributed by atoms with Gasteiger partial charge in [0.1, 0.15) is 5.75 Å². The summed E-state index contributed by atoms with van der Waals surface area (Å²) in [6, 6.07) is 16.9. The van der Waals surface area contributed by atoms with Gasteiger partial charge >= 0.3 is 6.03 Å². The summed E-state index contributed by atoms with van der Waals surface area (Å²) in [6.07, 6.45) is 0. The zero-order chi connectivity index (χ0) is 19.8. The summed E-state index contributed by atoms with van der Waals surface area (Å²) in [4.78, 5) is 28.4. The number of anilines is 1. The summed E-state index contributed by atoms with van der Waals surface area (Å²) in [5.74, 6) is 0.720. The van der Waals surface area contributed by atoms with Crippen LogP contribution in [0.3, 0.4) is 0 Å². The standard InChI is InChI=1S/C21H26N4O3/c1-28-19-10-6-5-7-17(19)15-22-21(27)25-13-11-24(12-14-25)16-20(26)23-18-8-3-2-4-9-18/h2-10H,11-16H2,1H3,(H,22,27)(H,23,26). The van der Waals surface area contributed by atoms with Gasteiger partial charge < -0.3 is 20.3 Å². The molecule has 7 nitrogen and oxygen atoms in total. The maximum Gasteiger partial charge on any atom is 0.317 e. The lowest BCUT2D eigenvalue weighted by Crippen LogP contribution is -2.52. The number of nitrogens with zero attached hydrogens (tertiary/aromatic N) is 2. The highest BCUT2D eigenvalue weighted by Gasteiger charge is 2.22. The molecule has 1 heterocycles. The van der Waals surface area contributed by atoms with Gasteiger partial charge in [0.2, 0.25) is 5.91 Å². The summed E-state index contributed by atoms with van der Waals surface area (Å²) in [7, 11) is 1.62. The SMILES string of the molecule is COc1ccccc1CNC(=O)N1CCN(CC(=O)Nc2ccccc2)CC1. The molecule has 1 aliphatic heterocycles. The Morgan fingerprint density at radius 2 is 1.64 bits per heavy atom. The van der Waals surface area contributed by atoms with Crippen LogP contribution in [0.1, 0.15) is 5.56 Å². The fourth-order valence-corrected chi connectivity index (χ4v) is 3.17. The van der Waals surface area contributed by atoms with Crippen molar-refractivity contribution >= 4 is 17.6 Å². The van der Waals surface area contributed by atoms with Gasteiger partial charge in [-0.05, 0) is 18.2 Å². The lowest BCUT2D eigenvalue weighted by Gasteiger charge is -2.34. The van der Waals surface area contributed by atoms with E-state index in [1.165, 1.54) is 0 Å². The van der Waals surface area contributed by atoms with E-state index < -0.39 is 0 Å². The number of rotatable bonds is 6. The van der Waals surface area contributed by atoms with E-state index in [0.717, 1.165) is 17.0 Å². The van der Waals surface area contributed by atoms with Gasteiger partial charge in [-0.3, -0.25) is 9.69 Å². The Balaban J connectivity index is 1.40. The van der Waals surface area contributed by atoms with Crippen LogP contribution in [-0.2, 0) is 11.3 Å². The van der Waals surface area contributed by atoms with Crippen molar-refractivity contribution < 1.29 is 14.3 Å². The van der Waals surface area contributed by atoms with Crippen molar-refractivity contribution in [1.82, 2.24) is 15.1 Å². The molecule has 2 aromatic rings. The topological polar surface area (TPSA) is 73.9 Å². The Hall–Kier alpha value is -3.06. The van der Waals surface area contributed by atoms with Gasteiger partial charge in [0, 0.05) is 44.0 Å². The molecule has 1 fully saturated rings. The molecule has 0 aromatic heterocycles. The summed E-state index contributed by atoms with van der Waals surface area (Å²) < 4.78 is 5.31. The molecule has 1 saturated heterocycles. The van der Waals surface area contributed by atoms with Crippen molar-refractivity contribution in [2.75, 3.05) is 45.2 Å². The maximum absolute atomic E-state index is 12.4. The Kier molecular flexibility index (Phi) is 6.86. The molecule has 2 N–H and O–H groups in total. The zero-order valence-corrected chi connectivity index (χ0v) is 16.1. The number of piperazine rings is 1. The van der Waals surface area contributed by atoms with Gasteiger partial charge in [-0.2, -0.15) is 0 Å². The lowest BCUT2D eigenvalue weighted by atomic mass is 10.2. The molecular formula is C21H26N4O3. The third kappa shape index (κ3) is 5.47. The minimum atomic E-state index is -0.0979. The molecule has 3 amide bonds. The van der Waals surface area contributed by atoms with Gasteiger partial charge in [0.25, 0.3) is 0 Å². The van der Waals surface area contributed by atoms with Gasteiger partial charge in [-0.1, -0.05) is 36.4 Å². The summed E-state index contributed by atoms with van der Waals surface area (Å²) in [6.45, 7) is 3.27. The Morgan fingerprint density at radius 1 is 0.964 bits per heavy atom. The molecule has 2 aromatic carbocycles.